The van der Waals surface area contributed by atoms with Crippen molar-refractivity contribution in [1.82, 2.24) is 19.8 Å². The third kappa shape index (κ3) is 3.20. The Kier molecular flexibility index (Phi) is 4.64. The third-order valence-electron chi connectivity index (χ3n) is 8.24. The van der Waals surface area contributed by atoms with E-state index in [2.05, 4.69) is 25.8 Å². The van der Waals surface area contributed by atoms with Crippen molar-refractivity contribution in [2.24, 2.45) is 11.8 Å². The van der Waals surface area contributed by atoms with Crippen LogP contribution in [0, 0.1) is 25.7 Å². The highest BCUT2D eigenvalue weighted by Crippen LogP contribution is 2.45. The zero-order valence-corrected chi connectivity index (χ0v) is 18.7. The molecule has 4 atom stereocenters. The molecule has 1 aliphatic carbocycles. The minimum Gasteiger partial charge on any atom is -0.332 e. The molecule has 0 unspecified atom stereocenters. The smallest absolute Gasteiger partial charge is 0.254 e. The Hall–Kier alpha value is -2.27. The van der Waals surface area contributed by atoms with E-state index < -0.39 is 0 Å². The zero-order chi connectivity index (χ0) is 21.1. The summed E-state index contributed by atoms with van der Waals surface area (Å²) >= 11 is 0. The normalized spacial score (nSPS) is 30.5. The largest absolute Gasteiger partial charge is 0.332 e. The maximum Gasteiger partial charge on any atom is 0.254 e. The average Bonchev–Trinajstić information content (AvgIpc) is 2.79. The first kappa shape index (κ1) is 19.4. The summed E-state index contributed by atoms with van der Waals surface area (Å²) in [5, 5.41) is 0. The van der Waals surface area contributed by atoms with E-state index in [4.69, 9.17) is 0 Å². The molecule has 3 fully saturated rings. The summed E-state index contributed by atoms with van der Waals surface area (Å²) in [7, 11) is 0. The van der Waals surface area contributed by atoms with Crippen molar-refractivity contribution < 1.29 is 4.79 Å². The van der Waals surface area contributed by atoms with Crippen LogP contribution in [0.25, 0.3) is 11.0 Å². The van der Waals surface area contributed by atoms with Crippen LogP contribution in [0.15, 0.2) is 29.8 Å². The summed E-state index contributed by atoms with van der Waals surface area (Å²) in [6.07, 6.45) is 10.1. The number of aryl methyl sites for hydroxylation is 2. The average molecular weight is 417 g/mol. The SMILES string of the molecule is Cc1nc2ccc(C(=O)N3CCCC4=C[C@@H]5C[C@@H](CN6CCCC[C@H]56)[C@@H]43)cc2nc1C. The lowest BCUT2D eigenvalue weighted by Gasteiger charge is -2.54. The van der Waals surface area contributed by atoms with Crippen molar-refractivity contribution in [3.63, 3.8) is 0 Å². The Balaban J connectivity index is 1.33. The number of hydrogen-bond donors (Lipinski definition) is 0. The van der Waals surface area contributed by atoms with Gasteiger partial charge in [0.15, 0.2) is 0 Å². The van der Waals surface area contributed by atoms with Gasteiger partial charge in [0.2, 0.25) is 0 Å². The van der Waals surface area contributed by atoms with Crippen LogP contribution < -0.4 is 0 Å². The number of carbonyl (C=O) groups excluding carboxylic acids is 1. The van der Waals surface area contributed by atoms with E-state index in [-0.39, 0.29) is 11.9 Å². The van der Waals surface area contributed by atoms with Crippen LogP contribution in [-0.2, 0) is 0 Å². The molecule has 5 nitrogen and oxygen atoms in total. The zero-order valence-electron chi connectivity index (χ0n) is 18.7. The molecule has 4 heterocycles. The minimum atomic E-state index is 0.164. The Labute approximate surface area is 184 Å². The molecule has 4 aliphatic rings. The molecule has 0 saturated carbocycles. The van der Waals surface area contributed by atoms with Crippen LogP contribution >= 0.6 is 0 Å². The second-order valence-electron chi connectivity index (χ2n) is 10.1. The number of carbonyl (C=O) groups is 1. The van der Waals surface area contributed by atoms with Gasteiger partial charge in [0, 0.05) is 24.7 Å². The van der Waals surface area contributed by atoms with Gasteiger partial charge in [-0.2, -0.15) is 0 Å². The first-order valence-corrected chi connectivity index (χ1v) is 12.1. The molecule has 3 aliphatic heterocycles. The summed E-state index contributed by atoms with van der Waals surface area (Å²) in [4.78, 5) is 28.0. The highest BCUT2D eigenvalue weighted by molar-refractivity contribution is 5.97. The van der Waals surface area contributed by atoms with Crippen LogP contribution in [0.2, 0.25) is 0 Å². The second-order valence-corrected chi connectivity index (χ2v) is 10.1. The Morgan fingerprint density at radius 1 is 1.03 bits per heavy atom. The molecule has 0 N–H and O–H groups in total. The van der Waals surface area contributed by atoms with E-state index in [0.717, 1.165) is 60.0 Å². The topological polar surface area (TPSA) is 49.3 Å². The fourth-order valence-electron chi connectivity index (χ4n) is 6.73. The van der Waals surface area contributed by atoms with Crippen LogP contribution in [-0.4, -0.2) is 57.4 Å². The number of hydrogen-bond acceptors (Lipinski definition) is 4. The number of amides is 1. The third-order valence-corrected chi connectivity index (χ3v) is 8.24. The summed E-state index contributed by atoms with van der Waals surface area (Å²) in [6, 6.07) is 6.87. The molecule has 5 heteroatoms. The van der Waals surface area contributed by atoms with Gasteiger partial charge in [0.05, 0.1) is 28.5 Å². The molecular weight excluding hydrogens is 384 g/mol. The van der Waals surface area contributed by atoms with Gasteiger partial charge in [-0.25, -0.2) is 9.97 Å². The van der Waals surface area contributed by atoms with Gasteiger partial charge in [0.1, 0.15) is 0 Å². The number of aromatic nitrogens is 2. The number of rotatable bonds is 1. The van der Waals surface area contributed by atoms with Gasteiger partial charge in [-0.1, -0.05) is 18.1 Å². The molecule has 2 bridgehead atoms. The molecule has 1 aromatic carbocycles. The van der Waals surface area contributed by atoms with Crippen molar-refractivity contribution in [2.75, 3.05) is 19.6 Å². The first-order valence-electron chi connectivity index (χ1n) is 12.1. The van der Waals surface area contributed by atoms with Crippen molar-refractivity contribution in [3.05, 3.63) is 46.8 Å². The van der Waals surface area contributed by atoms with Crippen molar-refractivity contribution in [3.8, 4) is 0 Å². The molecule has 1 aromatic heterocycles. The van der Waals surface area contributed by atoms with Gasteiger partial charge < -0.3 is 4.90 Å². The molecule has 31 heavy (non-hydrogen) atoms. The molecule has 2 aromatic rings. The van der Waals surface area contributed by atoms with Gasteiger partial charge >= 0.3 is 0 Å². The van der Waals surface area contributed by atoms with E-state index in [1.807, 2.05) is 32.0 Å². The molecule has 3 saturated heterocycles. The lowest BCUT2D eigenvalue weighted by Crippen LogP contribution is -2.60. The van der Waals surface area contributed by atoms with Gasteiger partial charge in [-0.05, 0) is 82.5 Å². The Bertz CT molecular complexity index is 1080. The minimum absolute atomic E-state index is 0.164. The Morgan fingerprint density at radius 3 is 2.74 bits per heavy atom. The number of likely N-dealkylation sites (tertiary alicyclic amines) is 1. The summed E-state index contributed by atoms with van der Waals surface area (Å²) in [5.41, 5.74) is 5.85. The van der Waals surface area contributed by atoms with E-state index >= 15 is 0 Å². The number of nitrogens with zero attached hydrogens (tertiary/aromatic N) is 4. The predicted molar refractivity (Wildman–Crippen MR) is 122 cm³/mol. The first-order chi connectivity index (χ1) is 15.1. The predicted octanol–water partition coefficient (Wildman–Crippen LogP) is 4.28. The standard InChI is InChI=1S/C26H32N4O/c1-16-17(2)28-23-14-19(8-9-22(23)27-16)26(31)30-11-5-6-18-12-20-13-21(25(18)30)15-29-10-4-3-7-24(20)29/h8-9,12,14,20-21,24-25H,3-7,10-11,13,15H2,1-2H3/t20-,21+,24-,25-/m1/s1. The summed E-state index contributed by atoms with van der Waals surface area (Å²) in [6.45, 7) is 7.23. The van der Waals surface area contributed by atoms with Crippen LogP contribution in [0.4, 0.5) is 0 Å². The van der Waals surface area contributed by atoms with E-state index in [1.54, 1.807) is 0 Å². The quantitative estimate of drug-likeness (QED) is 0.651. The highest BCUT2D eigenvalue weighted by atomic mass is 16.2. The van der Waals surface area contributed by atoms with Crippen molar-refractivity contribution >= 4 is 16.9 Å². The summed E-state index contributed by atoms with van der Waals surface area (Å²) < 4.78 is 0. The molecule has 0 spiro atoms. The van der Waals surface area contributed by atoms with Gasteiger partial charge in [-0.3, -0.25) is 9.69 Å². The number of piperidine rings is 3. The van der Waals surface area contributed by atoms with Crippen LogP contribution in [0.1, 0.15) is 60.3 Å². The fourth-order valence-corrected chi connectivity index (χ4v) is 6.73. The fraction of sp³-hybridized carbons (Fsp3) is 0.577. The molecule has 6 rings (SSSR count). The molecule has 1 amide bonds. The van der Waals surface area contributed by atoms with E-state index in [0.29, 0.717) is 11.8 Å². The maximum absolute atomic E-state index is 13.7. The van der Waals surface area contributed by atoms with Crippen molar-refractivity contribution in [2.45, 2.75) is 64.5 Å². The molecule has 162 valence electrons. The second kappa shape index (κ2) is 7.40. The van der Waals surface area contributed by atoms with E-state index in [9.17, 15) is 4.79 Å². The van der Waals surface area contributed by atoms with Crippen molar-refractivity contribution in [1.29, 1.82) is 0 Å². The highest BCUT2D eigenvalue weighted by Gasteiger charge is 2.47. The van der Waals surface area contributed by atoms with Crippen LogP contribution in [0.3, 0.4) is 0 Å². The van der Waals surface area contributed by atoms with Gasteiger partial charge in [0.25, 0.3) is 5.91 Å². The monoisotopic (exact) mass is 416 g/mol. The van der Waals surface area contributed by atoms with E-state index in [1.165, 1.54) is 37.8 Å². The maximum atomic E-state index is 13.7. The Morgan fingerprint density at radius 2 is 1.87 bits per heavy atom. The lowest BCUT2D eigenvalue weighted by atomic mass is 9.68. The molecule has 0 radical (unpaired) electrons. The molecular formula is C26H32N4O. The summed E-state index contributed by atoms with van der Waals surface area (Å²) in [5.74, 6) is 1.44. The number of fused-ring (bicyclic) bond motifs is 7. The van der Waals surface area contributed by atoms with Gasteiger partial charge in [-0.15, -0.1) is 0 Å². The lowest BCUT2D eigenvalue weighted by molar-refractivity contribution is 0.00148. The number of benzene rings is 1. The van der Waals surface area contributed by atoms with Crippen LogP contribution in [0.5, 0.6) is 0 Å².